The molecule has 0 spiro atoms. The summed E-state index contributed by atoms with van der Waals surface area (Å²) in [6, 6.07) is 0.243. The molecule has 1 N–H and O–H groups in total. The van der Waals surface area contributed by atoms with Crippen LogP contribution in [0.5, 0.6) is 0 Å². The number of likely N-dealkylation sites (N-methyl/N-ethyl adjacent to an activating group) is 1. The average Bonchev–Trinajstić information content (AvgIpc) is 2.81. The van der Waals surface area contributed by atoms with Crippen molar-refractivity contribution in [1.29, 1.82) is 0 Å². The smallest absolute Gasteiger partial charge is 0.241 e. The Bertz CT molecular complexity index is 328. The van der Waals surface area contributed by atoms with Crippen LogP contribution < -0.4 is 5.32 Å². The molecule has 0 aliphatic carbocycles. The lowest BCUT2D eigenvalue weighted by Gasteiger charge is -2.35. The molecule has 1 aliphatic heterocycles. The molecule has 1 saturated heterocycles. The lowest BCUT2D eigenvalue weighted by atomic mass is 9.99. The minimum absolute atomic E-state index is 0.0125. The maximum Gasteiger partial charge on any atom is 0.241 e. The van der Waals surface area contributed by atoms with Crippen molar-refractivity contribution in [3.63, 3.8) is 0 Å². The average molecular weight is 297 g/mol. The van der Waals surface area contributed by atoms with Gasteiger partial charge in [0.1, 0.15) is 0 Å². The molecule has 1 heterocycles. The Morgan fingerprint density at radius 2 is 1.71 bits per heavy atom. The van der Waals surface area contributed by atoms with E-state index in [1.165, 1.54) is 0 Å². The molecule has 0 aromatic rings. The van der Waals surface area contributed by atoms with E-state index >= 15 is 0 Å². The standard InChI is InChI=1S/C17H35N3O/c1-8-13(6)15-17(21)20(16(18-15)12(4)5)14(7)11-19(9-2)10-3/h12-16,18H,8-11H2,1-7H3. The molecule has 21 heavy (non-hydrogen) atoms. The number of rotatable bonds is 8. The third-order valence-electron chi connectivity index (χ3n) is 4.91. The van der Waals surface area contributed by atoms with Crippen LogP contribution in [-0.2, 0) is 4.79 Å². The molecule has 0 aromatic carbocycles. The van der Waals surface area contributed by atoms with Gasteiger partial charge in [-0.05, 0) is 31.8 Å². The Kier molecular flexibility index (Phi) is 7.14. The van der Waals surface area contributed by atoms with Gasteiger partial charge in [-0.1, -0.05) is 48.0 Å². The van der Waals surface area contributed by atoms with Crippen LogP contribution in [0.1, 0.15) is 54.9 Å². The summed E-state index contributed by atoms with van der Waals surface area (Å²) in [5.74, 6) is 1.12. The highest BCUT2D eigenvalue weighted by Gasteiger charge is 2.44. The topological polar surface area (TPSA) is 35.6 Å². The summed E-state index contributed by atoms with van der Waals surface area (Å²) >= 11 is 0. The Labute approximate surface area is 131 Å². The van der Waals surface area contributed by atoms with Gasteiger partial charge in [-0.2, -0.15) is 0 Å². The summed E-state index contributed by atoms with van der Waals surface area (Å²) < 4.78 is 0. The fourth-order valence-corrected chi connectivity index (χ4v) is 3.23. The zero-order chi connectivity index (χ0) is 16.2. The van der Waals surface area contributed by atoms with Gasteiger partial charge in [0.05, 0.1) is 12.2 Å². The Balaban J connectivity index is 2.87. The van der Waals surface area contributed by atoms with Crippen molar-refractivity contribution in [2.45, 2.75) is 73.1 Å². The number of hydrogen-bond acceptors (Lipinski definition) is 3. The first kappa shape index (κ1) is 18.4. The summed E-state index contributed by atoms with van der Waals surface area (Å²) in [4.78, 5) is 17.4. The van der Waals surface area contributed by atoms with Gasteiger partial charge in [-0.3, -0.25) is 10.1 Å². The molecule has 0 bridgehead atoms. The Morgan fingerprint density at radius 1 is 1.14 bits per heavy atom. The van der Waals surface area contributed by atoms with Crippen molar-refractivity contribution < 1.29 is 4.79 Å². The van der Waals surface area contributed by atoms with Gasteiger partial charge in [0, 0.05) is 12.6 Å². The maximum atomic E-state index is 12.9. The first-order valence-electron chi connectivity index (χ1n) is 8.67. The predicted molar refractivity (Wildman–Crippen MR) is 89.1 cm³/mol. The van der Waals surface area contributed by atoms with Crippen LogP contribution in [-0.4, -0.2) is 53.6 Å². The van der Waals surface area contributed by atoms with Gasteiger partial charge in [0.15, 0.2) is 0 Å². The largest absolute Gasteiger partial charge is 0.322 e. The Hall–Kier alpha value is -0.610. The van der Waals surface area contributed by atoms with E-state index in [1.807, 2.05) is 0 Å². The summed E-state index contributed by atoms with van der Waals surface area (Å²) in [7, 11) is 0. The van der Waals surface area contributed by atoms with Gasteiger partial charge >= 0.3 is 0 Å². The molecule has 124 valence electrons. The molecule has 0 saturated carbocycles. The van der Waals surface area contributed by atoms with Crippen LogP contribution in [0.15, 0.2) is 0 Å². The summed E-state index contributed by atoms with van der Waals surface area (Å²) in [6.45, 7) is 18.3. The molecule has 4 heteroatoms. The van der Waals surface area contributed by atoms with Crippen LogP contribution in [0.25, 0.3) is 0 Å². The second kappa shape index (κ2) is 8.14. The van der Waals surface area contributed by atoms with E-state index in [0.717, 1.165) is 26.1 Å². The van der Waals surface area contributed by atoms with Crippen LogP contribution in [0, 0.1) is 11.8 Å². The van der Waals surface area contributed by atoms with Gasteiger partial charge in [-0.25, -0.2) is 0 Å². The van der Waals surface area contributed by atoms with Crippen LogP contribution in [0.3, 0.4) is 0 Å². The minimum atomic E-state index is -0.0125. The quantitative estimate of drug-likeness (QED) is 0.748. The molecule has 1 rings (SSSR count). The van der Waals surface area contributed by atoms with Crippen LogP contribution in [0.4, 0.5) is 0 Å². The normalized spacial score (nSPS) is 26.0. The van der Waals surface area contributed by atoms with E-state index < -0.39 is 0 Å². The summed E-state index contributed by atoms with van der Waals surface area (Å²) in [5.41, 5.74) is 0. The summed E-state index contributed by atoms with van der Waals surface area (Å²) in [6.07, 6.45) is 1.20. The molecule has 4 nitrogen and oxygen atoms in total. The van der Waals surface area contributed by atoms with Crippen LogP contribution >= 0.6 is 0 Å². The van der Waals surface area contributed by atoms with E-state index in [-0.39, 0.29) is 18.2 Å². The SMILES string of the molecule is CCC(C)C1NC(C(C)C)N(C(C)CN(CC)CC)C1=O. The highest BCUT2D eigenvalue weighted by atomic mass is 16.2. The minimum Gasteiger partial charge on any atom is -0.322 e. The maximum absolute atomic E-state index is 12.9. The van der Waals surface area contributed by atoms with Crippen molar-refractivity contribution in [3.8, 4) is 0 Å². The highest BCUT2D eigenvalue weighted by molar-refractivity contribution is 5.85. The van der Waals surface area contributed by atoms with Gasteiger partial charge in [0.2, 0.25) is 5.91 Å². The van der Waals surface area contributed by atoms with E-state index in [1.54, 1.807) is 0 Å². The van der Waals surface area contributed by atoms with Crippen molar-refractivity contribution in [2.24, 2.45) is 11.8 Å². The molecule has 1 aliphatic rings. The first-order chi connectivity index (χ1) is 9.87. The van der Waals surface area contributed by atoms with Crippen molar-refractivity contribution in [3.05, 3.63) is 0 Å². The number of amides is 1. The number of carbonyl (C=O) groups excluding carboxylic acids is 1. The monoisotopic (exact) mass is 297 g/mol. The van der Waals surface area contributed by atoms with Crippen molar-refractivity contribution >= 4 is 5.91 Å². The zero-order valence-corrected chi connectivity index (χ0v) is 15.0. The van der Waals surface area contributed by atoms with Crippen LogP contribution in [0.2, 0.25) is 0 Å². The lowest BCUT2D eigenvalue weighted by molar-refractivity contribution is -0.133. The lowest BCUT2D eigenvalue weighted by Crippen LogP contribution is -2.50. The van der Waals surface area contributed by atoms with E-state index in [9.17, 15) is 4.79 Å². The number of nitrogens with one attached hydrogen (secondary N) is 1. The number of hydrogen-bond donors (Lipinski definition) is 1. The molecule has 0 aromatic heterocycles. The van der Waals surface area contributed by atoms with Gasteiger partial charge < -0.3 is 9.80 Å². The van der Waals surface area contributed by atoms with Crippen molar-refractivity contribution in [2.75, 3.05) is 19.6 Å². The molecule has 0 radical (unpaired) electrons. The van der Waals surface area contributed by atoms with Gasteiger partial charge in [0.25, 0.3) is 0 Å². The highest BCUT2D eigenvalue weighted by Crippen LogP contribution is 2.25. The molecule has 4 atom stereocenters. The molecule has 1 amide bonds. The molecule has 1 fully saturated rings. The predicted octanol–water partition coefficient (Wildman–Crippen LogP) is 2.55. The van der Waals surface area contributed by atoms with E-state index in [0.29, 0.717) is 17.7 Å². The summed E-state index contributed by atoms with van der Waals surface area (Å²) in [5, 5.41) is 3.59. The van der Waals surface area contributed by atoms with E-state index in [4.69, 9.17) is 0 Å². The second-order valence-corrected chi connectivity index (χ2v) is 6.80. The number of carbonyl (C=O) groups is 1. The Morgan fingerprint density at radius 3 is 2.14 bits per heavy atom. The van der Waals surface area contributed by atoms with E-state index in [2.05, 4.69) is 63.6 Å². The molecule has 4 unspecified atom stereocenters. The van der Waals surface area contributed by atoms with Crippen molar-refractivity contribution in [1.82, 2.24) is 15.1 Å². The number of nitrogens with zero attached hydrogens (tertiary/aromatic N) is 2. The zero-order valence-electron chi connectivity index (χ0n) is 15.0. The molecular formula is C17H35N3O. The third-order valence-corrected chi connectivity index (χ3v) is 4.91. The second-order valence-electron chi connectivity index (χ2n) is 6.80. The molecular weight excluding hydrogens is 262 g/mol. The third kappa shape index (κ3) is 4.19. The fraction of sp³-hybridized carbons (Fsp3) is 0.941. The van der Waals surface area contributed by atoms with Gasteiger partial charge in [-0.15, -0.1) is 0 Å². The first-order valence-corrected chi connectivity index (χ1v) is 8.67. The fourth-order valence-electron chi connectivity index (χ4n) is 3.23.